The lowest BCUT2D eigenvalue weighted by Gasteiger charge is -2.11. The summed E-state index contributed by atoms with van der Waals surface area (Å²) in [5.74, 6) is 1.26. The second-order valence-corrected chi connectivity index (χ2v) is 6.13. The topological polar surface area (TPSA) is 85.4 Å². The molecule has 0 aliphatic rings. The summed E-state index contributed by atoms with van der Waals surface area (Å²) in [4.78, 5) is 20.9. The van der Waals surface area contributed by atoms with E-state index >= 15 is 0 Å². The van der Waals surface area contributed by atoms with Crippen LogP contribution in [0.1, 0.15) is 21.6 Å². The van der Waals surface area contributed by atoms with Crippen LogP contribution in [0.3, 0.4) is 0 Å². The van der Waals surface area contributed by atoms with E-state index in [-0.39, 0.29) is 11.6 Å². The molecule has 0 unspecified atom stereocenters. The molecule has 0 aliphatic carbocycles. The van der Waals surface area contributed by atoms with E-state index in [1.54, 1.807) is 32.4 Å². The number of rotatable bonds is 7. The van der Waals surface area contributed by atoms with Gasteiger partial charge in [-0.2, -0.15) is 0 Å². The van der Waals surface area contributed by atoms with E-state index in [9.17, 15) is 4.79 Å². The van der Waals surface area contributed by atoms with Crippen LogP contribution in [0.25, 0.3) is 0 Å². The fourth-order valence-corrected chi connectivity index (χ4v) is 2.57. The zero-order valence-corrected chi connectivity index (χ0v) is 16.0. The first-order valence-electron chi connectivity index (χ1n) is 8.75. The number of ether oxygens (including phenoxy) is 2. The number of benzene rings is 2. The predicted molar refractivity (Wildman–Crippen MR) is 107 cm³/mol. The molecule has 3 rings (SSSR count). The lowest BCUT2D eigenvalue weighted by molar-refractivity contribution is 0.0946. The molecule has 0 saturated heterocycles. The molecule has 0 spiro atoms. The Balaban J connectivity index is 1.67. The van der Waals surface area contributed by atoms with E-state index < -0.39 is 0 Å². The molecule has 1 heterocycles. The Hall–Kier alpha value is -3.61. The van der Waals surface area contributed by atoms with Crippen LogP contribution in [0.15, 0.2) is 54.7 Å². The maximum Gasteiger partial charge on any atom is 0.270 e. The number of nitrogens with one attached hydrogen (secondary N) is 2. The monoisotopic (exact) mass is 378 g/mol. The highest BCUT2D eigenvalue weighted by atomic mass is 16.5. The van der Waals surface area contributed by atoms with Gasteiger partial charge in [0, 0.05) is 24.5 Å². The lowest BCUT2D eigenvalue weighted by Crippen LogP contribution is -2.24. The summed E-state index contributed by atoms with van der Waals surface area (Å²) in [6.07, 6.45) is 1.54. The van der Waals surface area contributed by atoms with Crippen LogP contribution in [0, 0.1) is 6.92 Å². The van der Waals surface area contributed by atoms with Crippen molar-refractivity contribution in [3.63, 3.8) is 0 Å². The number of nitrogens with zero attached hydrogens (tertiary/aromatic N) is 2. The molecule has 0 saturated carbocycles. The van der Waals surface area contributed by atoms with E-state index in [2.05, 4.69) is 20.6 Å². The normalized spacial score (nSPS) is 10.2. The third-order valence-electron chi connectivity index (χ3n) is 4.10. The fraction of sp³-hybridized carbons (Fsp3) is 0.190. The summed E-state index contributed by atoms with van der Waals surface area (Å²) in [5.41, 5.74) is 3.20. The molecule has 2 N–H and O–H groups in total. The number of methoxy groups -OCH3 is 2. The quantitative estimate of drug-likeness (QED) is 0.655. The molecule has 7 heteroatoms. The molecule has 0 aliphatic heterocycles. The molecule has 0 atom stereocenters. The summed E-state index contributed by atoms with van der Waals surface area (Å²) in [6, 6.07) is 14.9. The van der Waals surface area contributed by atoms with Gasteiger partial charge in [-0.15, -0.1) is 0 Å². The largest absolute Gasteiger partial charge is 0.493 e. The second-order valence-electron chi connectivity index (χ2n) is 6.13. The van der Waals surface area contributed by atoms with Crippen molar-refractivity contribution in [2.75, 3.05) is 19.5 Å². The SMILES string of the molecule is COc1ccc(Nc2nccc(C(=O)NCc3ccc(C)cc3)n2)cc1OC. The molecule has 0 radical (unpaired) electrons. The Morgan fingerprint density at radius 3 is 2.46 bits per heavy atom. The van der Waals surface area contributed by atoms with E-state index in [1.165, 1.54) is 11.8 Å². The van der Waals surface area contributed by atoms with Crippen LogP contribution in [-0.2, 0) is 6.54 Å². The minimum Gasteiger partial charge on any atom is -0.493 e. The van der Waals surface area contributed by atoms with Gasteiger partial charge in [0.05, 0.1) is 14.2 Å². The molecule has 0 fully saturated rings. The third-order valence-corrected chi connectivity index (χ3v) is 4.10. The van der Waals surface area contributed by atoms with Gasteiger partial charge >= 0.3 is 0 Å². The zero-order chi connectivity index (χ0) is 19.9. The van der Waals surface area contributed by atoms with Gasteiger partial charge in [-0.25, -0.2) is 9.97 Å². The smallest absolute Gasteiger partial charge is 0.270 e. The van der Waals surface area contributed by atoms with Crippen molar-refractivity contribution < 1.29 is 14.3 Å². The number of carbonyl (C=O) groups is 1. The van der Waals surface area contributed by atoms with Crippen LogP contribution in [0.4, 0.5) is 11.6 Å². The van der Waals surface area contributed by atoms with Gasteiger partial charge in [-0.05, 0) is 30.7 Å². The summed E-state index contributed by atoms with van der Waals surface area (Å²) >= 11 is 0. The standard InChI is InChI=1S/C21H22N4O3/c1-14-4-6-15(7-5-14)13-23-20(26)17-10-11-22-21(25-17)24-16-8-9-18(27-2)19(12-16)28-3/h4-12H,13H2,1-3H3,(H,23,26)(H,22,24,25). The number of amides is 1. The van der Waals surface area contributed by atoms with Crippen LogP contribution in [-0.4, -0.2) is 30.1 Å². The highest BCUT2D eigenvalue weighted by molar-refractivity contribution is 5.92. The second kappa shape index (κ2) is 8.85. The van der Waals surface area contributed by atoms with Crippen molar-refractivity contribution in [3.05, 3.63) is 71.5 Å². The molecular formula is C21H22N4O3. The van der Waals surface area contributed by atoms with E-state index in [4.69, 9.17) is 9.47 Å². The minimum atomic E-state index is -0.265. The van der Waals surface area contributed by atoms with Crippen molar-refractivity contribution in [2.45, 2.75) is 13.5 Å². The van der Waals surface area contributed by atoms with Crippen LogP contribution >= 0.6 is 0 Å². The third kappa shape index (κ3) is 4.76. The van der Waals surface area contributed by atoms with Crippen molar-refractivity contribution in [2.24, 2.45) is 0 Å². The summed E-state index contributed by atoms with van der Waals surface area (Å²) < 4.78 is 10.5. The Bertz CT molecular complexity index is 958. The molecule has 2 aromatic carbocycles. The average Bonchev–Trinajstić information content (AvgIpc) is 2.73. The summed E-state index contributed by atoms with van der Waals surface area (Å²) in [6.45, 7) is 2.46. The van der Waals surface area contributed by atoms with E-state index in [0.717, 1.165) is 11.3 Å². The highest BCUT2D eigenvalue weighted by Gasteiger charge is 2.10. The van der Waals surface area contributed by atoms with E-state index in [0.29, 0.717) is 24.0 Å². The van der Waals surface area contributed by atoms with Gasteiger partial charge in [0.25, 0.3) is 5.91 Å². The first kappa shape index (κ1) is 19.2. The van der Waals surface area contributed by atoms with Crippen molar-refractivity contribution in [1.29, 1.82) is 0 Å². The number of carbonyl (C=O) groups excluding carboxylic acids is 1. The zero-order valence-electron chi connectivity index (χ0n) is 16.0. The molecule has 1 aromatic heterocycles. The summed E-state index contributed by atoms with van der Waals surface area (Å²) in [7, 11) is 3.14. The maximum atomic E-state index is 12.4. The lowest BCUT2D eigenvalue weighted by atomic mass is 10.1. The van der Waals surface area contributed by atoms with Gasteiger partial charge in [-0.1, -0.05) is 29.8 Å². The highest BCUT2D eigenvalue weighted by Crippen LogP contribution is 2.30. The Labute approximate surface area is 163 Å². The number of aryl methyl sites for hydroxylation is 1. The van der Waals surface area contributed by atoms with Crippen LogP contribution in [0.2, 0.25) is 0 Å². The van der Waals surface area contributed by atoms with E-state index in [1.807, 2.05) is 37.3 Å². The molecule has 3 aromatic rings. The maximum absolute atomic E-state index is 12.4. The minimum absolute atomic E-state index is 0.265. The predicted octanol–water partition coefficient (Wildman–Crippen LogP) is 3.48. The molecule has 0 bridgehead atoms. The van der Waals surface area contributed by atoms with Gasteiger partial charge in [0.1, 0.15) is 5.69 Å². The fourth-order valence-electron chi connectivity index (χ4n) is 2.57. The van der Waals surface area contributed by atoms with Crippen LogP contribution in [0.5, 0.6) is 11.5 Å². The Morgan fingerprint density at radius 1 is 1.00 bits per heavy atom. The molecular weight excluding hydrogens is 356 g/mol. The molecule has 1 amide bonds. The summed E-state index contributed by atoms with van der Waals surface area (Å²) in [5, 5.41) is 5.93. The number of aromatic nitrogens is 2. The first-order chi connectivity index (χ1) is 13.6. The first-order valence-corrected chi connectivity index (χ1v) is 8.75. The number of hydrogen-bond acceptors (Lipinski definition) is 6. The Kier molecular flexibility index (Phi) is 6.06. The van der Waals surface area contributed by atoms with Gasteiger partial charge in [0.2, 0.25) is 5.95 Å². The Morgan fingerprint density at radius 2 is 1.75 bits per heavy atom. The number of anilines is 2. The van der Waals surface area contributed by atoms with Crippen LogP contribution < -0.4 is 20.1 Å². The van der Waals surface area contributed by atoms with Crippen molar-refractivity contribution in [1.82, 2.24) is 15.3 Å². The molecule has 7 nitrogen and oxygen atoms in total. The number of hydrogen-bond donors (Lipinski definition) is 2. The van der Waals surface area contributed by atoms with Crippen molar-refractivity contribution in [3.8, 4) is 11.5 Å². The molecule has 28 heavy (non-hydrogen) atoms. The van der Waals surface area contributed by atoms with Gasteiger partial charge < -0.3 is 20.1 Å². The molecule has 144 valence electrons. The van der Waals surface area contributed by atoms with Crippen molar-refractivity contribution >= 4 is 17.5 Å². The van der Waals surface area contributed by atoms with Gasteiger partial charge in [0.15, 0.2) is 11.5 Å². The van der Waals surface area contributed by atoms with Gasteiger partial charge in [-0.3, -0.25) is 4.79 Å². The average molecular weight is 378 g/mol.